The summed E-state index contributed by atoms with van der Waals surface area (Å²) in [6.45, 7) is 2.14. The van der Waals surface area contributed by atoms with E-state index in [1.54, 1.807) is 36.4 Å². The first-order chi connectivity index (χ1) is 15.2. The van der Waals surface area contributed by atoms with E-state index in [2.05, 4.69) is 12.1 Å². The second-order valence-corrected chi connectivity index (χ2v) is 7.37. The first-order valence-corrected chi connectivity index (χ1v) is 10.7. The Labute approximate surface area is 183 Å². The summed E-state index contributed by atoms with van der Waals surface area (Å²) in [6.07, 6.45) is 4.49. The summed E-state index contributed by atoms with van der Waals surface area (Å²) < 4.78 is 0. The highest BCUT2D eigenvalue weighted by Gasteiger charge is 2.16. The van der Waals surface area contributed by atoms with Gasteiger partial charge in [0.05, 0.1) is 5.56 Å². The highest BCUT2D eigenvalue weighted by atomic mass is 16.7. The smallest absolute Gasteiger partial charge is 0.312 e. The van der Waals surface area contributed by atoms with Gasteiger partial charge in [0.25, 0.3) is 0 Å². The van der Waals surface area contributed by atoms with Crippen molar-refractivity contribution in [2.75, 3.05) is 0 Å². The van der Waals surface area contributed by atoms with Gasteiger partial charge in [-0.25, -0.2) is 4.79 Å². The molecule has 0 spiro atoms. The number of Topliss-reactive ketones (excluding diaryl/α,β-unsaturated/α-hetero) is 1. The number of nitrogens with zero attached hydrogens (tertiary/aromatic N) is 1. The van der Waals surface area contributed by atoms with Crippen molar-refractivity contribution < 1.29 is 14.4 Å². The molecule has 3 rings (SSSR count). The van der Waals surface area contributed by atoms with Crippen LogP contribution >= 0.6 is 0 Å². The van der Waals surface area contributed by atoms with Gasteiger partial charge in [0.15, 0.2) is 0 Å². The molecule has 0 atom stereocenters. The zero-order valence-electron chi connectivity index (χ0n) is 17.8. The molecule has 4 heteroatoms. The molecule has 0 heterocycles. The molecular formula is C27H27NO3. The molecule has 0 saturated carbocycles. The van der Waals surface area contributed by atoms with Gasteiger partial charge in [-0.05, 0) is 36.1 Å². The lowest BCUT2D eigenvalue weighted by atomic mass is 9.99. The minimum atomic E-state index is -0.570. The number of carbonyl (C=O) groups excluding carboxylic acids is 2. The van der Waals surface area contributed by atoms with Gasteiger partial charge >= 0.3 is 5.97 Å². The number of ketones is 1. The topological polar surface area (TPSA) is 55.7 Å². The lowest BCUT2D eigenvalue weighted by Gasteiger charge is -2.07. The molecule has 0 amide bonds. The van der Waals surface area contributed by atoms with Crippen LogP contribution in [0.2, 0.25) is 0 Å². The van der Waals surface area contributed by atoms with Gasteiger partial charge in [-0.2, -0.15) is 0 Å². The Morgan fingerprint density at radius 2 is 1.32 bits per heavy atom. The molecule has 0 aromatic heterocycles. The van der Waals surface area contributed by atoms with Gasteiger partial charge in [0.2, 0.25) is 5.78 Å². The van der Waals surface area contributed by atoms with Crippen LogP contribution in [0.4, 0.5) is 0 Å². The summed E-state index contributed by atoms with van der Waals surface area (Å²) in [5, 5.41) is 3.97. The molecule has 31 heavy (non-hydrogen) atoms. The maximum absolute atomic E-state index is 13.1. The van der Waals surface area contributed by atoms with E-state index in [0.29, 0.717) is 17.5 Å². The third-order valence-corrected chi connectivity index (χ3v) is 5.03. The zero-order valence-corrected chi connectivity index (χ0v) is 17.8. The summed E-state index contributed by atoms with van der Waals surface area (Å²) >= 11 is 0. The summed E-state index contributed by atoms with van der Waals surface area (Å²) in [5.41, 5.74) is 3.33. The third kappa shape index (κ3) is 6.48. The minimum Gasteiger partial charge on any atom is -0.312 e. The fraction of sp³-hybridized carbons (Fsp3) is 0.222. The highest BCUT2D eigenvalue weighted by Crippen LogP contribution is 2.20. The molecule has 4 nitrogen and oxygen atoms in total. The van der Waals surface area contributed by atoms with Crippen molar-refractivity contribution in [3.05, 3.63) is 96.1 Å². The van der Waals surface area contributed by atoms with Crippen molar-refractivity contribution in [1.29, 1.82) is 0 Å². The highest BCUT2D eigenvalue weighted by molar-refractivity contribution is 6.45. The summed E-state index contributed by atoms with van der Waals surface area (Å²) in [7, 11) is 0. The Balaban J connectivity index is 1.75. The van der Waals surface area contributed by atoms with Crippen LogP contribution in [0.25, 0.3) is 11.1 Å². The van der Waals surface area contributed by atoms with Crippen LogP contribution in [-0.2, 0) is 4.84 Å². The summed E-state index contributed by atoms with van der Waals surface area (Å²) in [5.74, 6) is -0.782. The standard InChI is InChI=1S/C27H27NO3/c1-2-3-4-11-16-25(28-31-27(30)24-14-9-6-10-15-24)26(29)23-19-17-22(18-20-23)21-12-7-5-8-13-21/h5-10,12-15,17-20H,2-4,11,16H2,1H3. The first kappa shape index (κ1) is 22.2. The average molecular weight is 414 g/mol. The second kappa shape index (κ2) is 11.6. The molecule has 0 aliphatic carbocycles. The molecule has 3 aromatic carbocycles. The van der Waals surface area contributed by atoms with E-state index in [-0.39, 0.29) is 11.5 Å². The van der Waals surface area contributed by atoms with Crippen LogP contribution in [0.3, 0.4) is 0 Å². The number of hydrogen-bond donors (Lipinski definition) is 0. The Morgan fingerprint density at radius 3 is 1.97 bits per heavy atom. The largest absolute Gasteiger partial charge is 0.365 e. The number of hydrogen-bond acceptors (Lipinski definition) is 4. The van der Waals surface area contributed by atoms with Gasteiger partial charge in [-0.15, -0.1) is 0 Å². The van der Waals surface area contributed by atoms with E-state index in [1.165, 1.54) is 0 Å². The maximum Gasteiger partial charge on any atom is 0.365 e. The van der Waals surface area contributed by atoms with E-state index in [9.17, 15) is 9.59 Å². The fourth-order valence-corrected chi connectivity index (χ4v) is 3.25. The average Bonchev–Trinajstić information content (AvgIpc) is 2.84. The van der Waals surface area contributed by atoms with Gasteiger partial charge in [-0.3, -0.25) is 4.79 Å². The van der Waals surface area contributed by atoms with E-state index in [4.69, 9.17) is 4.84 Å². The molecule has 158 valence electrons. The lowest BCUT2D eigenvalue weighted by Crippen LogP contribution is -2.16. The van der Waals surface area contributed by atoms with Crippen molar-refractivity contribution in [1.82, 2.24) is 0 Å². The predicted octanol–water partition coefficient (Wildman–Crippen LogP) is 6.72. The first-order valence-electron chi connectivity index (χ1n) is 10.7. The van der Waals surface area contributed by atoms with E-state index in [0.717, 1.165) is 36.8 Å². The fourth-order valence-electron chi connectivity index (χ4n) is 3.25. The van der Waals surface area contributed by atoms with Crippen molar-refractivity contribution in [2.24, 2.45) is 5.16 Å². The second-order valence-electron chi connectivity index (χ2n) is 7.37. The molecule has 0 unspecified atom stereocenters. The monoisotopic (exact) mass is 413 g/mol. The van der Waals surface area contributed by atoms with Crippen LogP contribution in [0.5, 0.6) is 0 Å². The van der Waals surface area contributed by atoms with Crippen molar-refractivity contribution in [3.63, 3.8) is 0 Å². The molecule has 0 N–H and O–H groups in total. The maximum atomic E-state index is 13.1. The number of oxime groups is 1. The van der Waals surface area contributed by atoms with Crippen LogP contribution in [0.15, 0.2) is 90.1 Å². The van der Waals surface area contributed by atoms with Crippen LogP contribution in [0, 0.1) is 0 Å². The molecule has 3 aromatic rings. The minimum absolute atomic E-state index is 0.211. The normalized spacial score (nSPS) is 11.2. The quantitative estimate of drug-likeness (QED) is 0.122. The van der Waals surface area contributed by atoms with Crippen molar-refractivity contribution in [2.45, 2.75) is 39.0 Å². The Morgan fingerprint density at radius 1 is 0.710 bits per heavy atom. The molecule has 0 aliphatic rings. The molecule has 0 bridgehead atoms. The Bertz CT molecular complexity index is 1010. The van der Waals surface area contributed by atoms with E-state index < -0.39 is 5.97 Å². The molecule has 0 fully saturated rings. The SMILES string of the molecule is CCCCCCC(=NOC(=O)c1ccccc1)C(=O)c1ccc(-c2ccccc2)cc1. The van der Waals surface area contributed by atoms with Crippen LogP contribution in [0.1, 0.15) is 59.7 Å². The Hall–Kier alpha value is -3.53. The van der Waals surface area contributed by atoms with Gasteiger partial charge in [-0.1, -0.05) is 104 Å². The Kier molecular flexibility index (Phi) is 8.29. The molecule has 0 aliphatic heterocycles. The summed E-state index contributed by atoms with van der Waals surface area (Å²) in [4.78, 5) is 30.4. The summed E-state index contributed by atoms with van der Waals surface area (Å²) in [6, 6.07) is 26.1. The van der Waals surface area contributed by atoms with Crippen LogP contribution < -0.4 is 0 Å². The van der Waals surface area contributed by atoms with Gasteiger partial charge < -0.3 is 4.84 Å². The molecule has 0 radical (unpaired) electrons. The predicted molar refractivity (Wildman–Crippen MR) is 124 cm³/mol. The zero-order chi connectivity index (χ0) is 21.9. The third-order valence-electron chi connectivity index (χ3n) is 5.03. The van der Waals surface area contributed by atoms with Crippen molar-refractivity contribution in [3.8, 4) is 11.1 Å². The molecular weight excluding hydrogens is 386 g/mol. The van der Waals surface area contributed by atoms with Crippen molar-refractivity contribution >= 4 is 17.5 Å². The lowest BCUT2D eigenvalue weighted by molar-refractivity contribution is 0.0514. The molecule has 0 saturated heterocycles. The van der Waals surface area contributed by atoms with Gasteiger partial charge in [0, 0.05) is 5.56 Å². The van der Waals surface area contributed by atoms with Gasteiger partial charge in [0.1, 0.15) is 5.71 Å². The number of unbranched alkanes of at least 4 members (excludes halogenated alkanes) is 3. The van der Waals surface area contributed by atoms with Crippen LogP contribution in [-0.4, -0.2) is 17.5 Å². The van der Waals surface area contributed by atoms with E-state index >= 15 is 0 Å². The number of rotatable bonds is 10. The van der Waals surface area contributed by atoms with E-state index in [1.807, 2.05) is 48.5 Å². The number of carbonyl (C=O) groups is 2. The number of benzene rings is 3.